The number of carbonyl (C=O) groups is 2. The third-order valence-corrected chi connectivity index (χ3v) is 15.2. The summed E-state index contributed by atoms with van der Waals surface area (Å²) < 4.78 is 19.6. The molecular weight excluding hydrogens is 1030 g/mol. The highest BCUT2D eigenvalue weighted by Gasteiger charge is 2.27. The fourth-order valence-corrected chi connectivity index (χ4v) is 9.42. The van der Waals surface area contributed by atoms with E-state index in [2.05, 4.69) is 110 Å². The molecule has 0 spiro atoms. The number of nitriles is 2. The van der Waals surface area contributed by atoms with Gasteiger partial charge in [-0.05, 0) is 92.1 Å². The lowest BCUT2D eigenvalue weighted by atomic mass is 10.1. The van der Waals surface area contributed by atoms with Gasteiger partial charge in [0, 0.05) is 86.0 Å². The number of nitrogens with zero attached hydrogens (tertiary/aromatic N) is 12. The molecule has 0 saturated carbocycles. The monoisotopic (exact) mass is 1100 g/mol. The number of fused-ring (bicyclic) bond motifs is 4. The highest BCUT2D eigenvalue weighted by molar-refractivity contribution is 9.10. The molecule has 2 amide bonds. The molecule has 0 radical (unpaired) electrons. The lowest BCUT2D eigenvalue weighted by Gasteiger charge is -2.20. The summed E-state index contributed by atoms with van der Waals surface area (Å²) >= 11 is 3.32. The third kappa shape index (κ3) is 14.7. The first-order chi connectivity index (χ1) is 34.5. The molecule has 6 heterocycles. The topological polar surface area (TPSA) is 221 Å². The van der Waals surface area contributed by atoms with E-state index in [1.807, 2.05) is 93.7 Å². The second kappa shape index (κ2) is 22.8. The van der Waals surface area contributed by atoms with Gasteiger partial charge in [-0.2, -0.15) is 20.7 Å². The van der Waals surface area contributed by atoms with Crippen LogP contribution in [0.1, 0.15) is 72.2 Å². The molecule has 21 heteroatoms. The molecule has 388 valence electrons. The Kier molecular flexibility index (Phi) is 17.4. The number of nitrogens with one attached hydrogen (secondary N) is 2. The van der Waals surface area contributed by atoms with Crippen molar-refractivity contribution < 1.29 is 19.1 Å². The Morgan fingerprint density at radius 1 is 0.716 bits per heavy atom. The van der Waals surface area contributed by atoms with Gasteiger partial charge >= 0.3 is 0 Å². The number of hydrogen-bond acceptors (Lipinski definition) is 12. The van der Waals surface area contributed by atoms with Crippen molar-refractivity contribution in [2.45, 2.75) is 117 Å². The van der Waals surface area contributed by atoms with Crippen molar-refractivity contribution >= 4 is 88.0 Å². The lowest BCUT2D eigenvalue weighted by molar-refractivity contribution is 0.0881. The highest BCUT2D eigenvalue weighted by Crippen LogP contribution is 2.30. The number of aromatic nitrogens is 10. The predicted molar refractivity (Wildman–Crippen MR) is 300 cm³/mol. The normalized spacial score (nSPS) is 12.0. The molecule has 74 heavy (non-hydrogen) atoms. The Morgan fingerprint density at radius 3 is 1.69 bits per heavy atom. The second-order valence-corrected chi connectivity index (χ2v) is 34.5. The van der Waals surface area contributed by atoms with Crippen LogP contribution in [0.3, 0.4) is 0 Å². The van der Waals surface area contributed by atoms with Crippen LogP contribution in [0.15, 0.2) is 65.8 Å². The number of benzene rings is 2. The van der Waals surface area contributed by atoms with Crippen molar-refractivity contribution in [1.82, 2.24) is 59.3 Å². The number of rotatable bonds is 14. The van der Waals surface area contributed by atoms with Crippen LogP contribution in [0.4, 0.5) is 0 Å². The molecule has 0 saturated heterocycles. The molecule has 18 nitrogen and oxygen atoms in total. The van der Waals surface area contributed by atoms with E-state index >= 15 is 0 Å². The van der Waals surface area contributed by atoms with Crippen molar-refractivity contribution in [1.29, 1.82) is 10.5 Å². The van der Waals surface area contributed by atoms with Crippen molar-refractivity contribution in [3.63, 3.8) is 0 Å². The fourth-order valence-electron chi connectivity index (χ4n) is 7.62. The third-order valence-electron chi connectivity index (χ3n) is 11.4. The molecule has 6 aromatic heterocycles. The zero-order valence-electron chi connectivity index (χ0n) is 45.1. The van der Waals surface area contributed by atoms with Crippen LogP contribution in [0, 0.1) is 36.5 Å². The van der Waals surface area contributed by atoms with Gasteiger partial charge in [0.05, 0.1) is 70.4 Å². The number of aryl methyl sites for hydroxylation is 3. The van der Waals surface area contributed by atoms with Crippen molar-refractivity contribution in [3.8, 4) is 23.5 Å². The van der Waals surface area contributed by atoms with Gasteiger partial charge in [-0.15, -0.1) is 0 Å². The van der Waals surface area contributed by atoms with Crippen molar-refractivity contribution in [2.24, 2.45) is 14.1 Å². The summed E-state index contributed by atoms with van der Waals surface area (Å²) in [6, 6.07) is 17.5. The molecule has 0 aliphatic heterocycles. The highest BCUT2D eigenvalue weighted by atomic mass is 79.9. The molecule has 0 bridgehead atoms. The molecule has 8 rings (SSSR count). The molecule has 2 N–H and O–H groups in total. The van der Waals surface area contributed by atoms with E-state index < -0.39 is 27.2 Å². The number of hydrogen-bond donors (Lipinski definition) is 2. The summed E-state index contributed by atoms with van der Waals surface area (Å²) in [5.41, 5.74) is 7.43. The average molecular weight is 1100 g/mol. The quantitative estimate of drug-likeness (QED) is 0.0590. The Bertz CT molecular complexity index is 3430. The Morgan fingerprint density at radius 2 is 1.19 bits per heavy atom. The minimum absolute atomic E-state index is 0.224. The van der Waals surface area contributed by atoms with E-state index in [-0.39, 0.29) is 18.5 Å². The molecule has 0 aliphatic carbocycles. The zero-order valence-corrected chi connectivity index (χ0v) is 48.7. The number of amides is 2. The minimum atomic E-state index is -1.22. The van der Waals surface area contributed by atoms with Gasteiger partial charge in [0.25, 0.3) is 11.8 Å². The van der Waals surface area contributed by atoms with E-state index in [0.717, 1.165) is 39.6 Å². The molecule has 0 atom stereocenters. The van der Waals surface area contributed by atoms with Crippen LogP contribution in [-0.4, -0.2) is 101 Å². The van der Waals surface area contributed by atoms with Gasteiger partial charge in [-0.1, -0.05) is 39.3 Å². The summed E-state index contributed by atoms with van der Waals surface area (Å²) in [7, 11) is 1.40. The number of carbonyl (C=O) groups excluding carboxylic acids is 2. The smallest absolute Gasteiger partial charge is 0.258 e. The summed E-state index contributed by atoms with van der Waals surface area (Å²) in [6.45, 7) is 31.2. The van der Waals surface area contributed by atoms with Gasteiger partial charge in [0.15, 0.2) is 16.8 Å². The molecule has 0 fully saturated rings. The van der Waals surface area contributed by atoms with E-state index in [1.165, 1.54) is 0 Å². The molecule has 0 unspecified atom stereocenters. The maximum Gasteiger partial charge on any atom is 0.258 e. The SMILES string of the molecule is Cc1nn(C)c2ccc(C#N)cc12.Cn1nc(-c2cnc3c(n2)c(C(=O)NC(C)(C)C)cn3COCC[Si](C)(C)C)c2cc(C#N)ccc21.[CH2+]C(C)(C)NC(=O)c1cn(COCC[Si](C)(C)C)c2ncc(Br)nc12. The van der Waals surface area contributed by atoms with Gasteiger partial charge in [0.2, 0.25) is 0 Å². The van der Waals surface area contributed by atoms with Crippen molar-refractivity contribution in [2.75, 3.05) is 13.2 Å². The average Bonchev–Trinajstić information content (AvgIpc) is 4.04. The number of halogens is 1. The van der Waals surface area contributed by atoms with Gasteiger partial charge in [-0.3, -0.25) is 19.0 Å². The predicted octanol–water partition coefficient (Wildman–Crippen LogP) is 10.3. The summed E-state index contributed by atoms with van der Waals surface area (Å²) in [6.07, 6.45) is 6.78. The largest absolute Gasteiger partial charge is 0.361 e. The first-order valence-electron chi connectivity index (χ1n) is 24.3. The van der Waals surface area contributed by atoms with Crippen LogP contribution in [0.2, 0.25) is 51.4 Å². The molecule has 8 aromatic rings. The standard InChI is InChI=1S/C26H33N7O2Si.C17H25BrN4O2Si.C10H9N3/c1-26(2,3)30-25(34)19-15-33(16-35-10-11-36(5,6)7)24-23(19)29-20(14-28-24)22-18-12-17(13-27)8-9-21(18)32(4)31-22;1-17(2,3)21-16(23)12-10-22(11-24-7-8-25(4,5)6)15-14(12)20-13(18)9-19-15;1-7-9-5-8(6-11)3-4-10(9)13(2)12-7/h8-9,12,14-15H,10-11,16H2,1-7H3,(H,30,34);9-10H,1,7-8,11H2,2-6H3;3-5H,1-2H3/p+1. The fraction of sp³-hybridized carbons (Fsp3) is 0.415. The van der Waals surface area contributed by atoms with Crippen LogP contribution in [0.25, 0.3) is 55.5 Å². The van der Waals surface area contributed by atoms with E-state index in [9.17, 15) is 14.9 Å². The van der Waals surface area contributed by atoms with Gasteiger partial charge in [-0.25, -0.2) is 19.9 Å². The molecular formula is C53H68BrN14O4Si2+. The first-order valence-corrected chi connectivity index (χ1v) is 32.5. The summed E-state index contributed by atoms with van der Waals surface area (Å²) in [5, 5.41) is 34.8. The number of ether oxygens (including phenoxy) is 2. The lowest BCUT2D eigenvalue weighted by Crippen LogP contribution is -2.40. The van der Waals surface area contributed by atoms with Gasteiger partial charge < -0.3 is 29.2 Å². The minimum Gasteiger partial charge on any atom is -0.361 e. The maximum absolute atomic E-state index is 13.2. The van der Waals surface area contributed by atoms with Crippen LogP contribution < -0.4 is 10.6 Å². The first kappa shape index (κ1) is 56.5. The second-order valence-electron chi connectivity index (χ2n) is 22.4. The summed E-state index contributed by atoms with van der Waals surface area (Å²) in [5.74, 6) is -0.448. The Balaban J connectivity index is 0.000000202. The maximum atomic E-state index is 13.2. The molecule has 2 aromatic carbocycles. The Labute approximate surface area is 443 Å². The zero-order chi connectivity index (χ0) is 54.5. The van der Waals surface area contributed by atoms with E-state index in [0.29, 0.717) is 80.5 Å². The van der Waals surface area contributed by atoms with Crippen molar-refractivity contribution in [3.05, 3.63) is 101 Å². The molecule has 0 aliphatic rings. The van der Waals surface area contributed by atoms with Crippen LogP contribution >= 0.6 is 15.9 Å². The van der Waals surface area contributed by atoms with E-state index in [1.54, 1.807) is 41.6 Å². The summed E-state index contributed by atoms with van der Waals surface area (Å²) in [4.78, 5) is 44.1. The van der Waals surface area contributed by atoms with Crippen LogP contribution in [-0.2, 0) is 37.0 Å². The van der Waals surface area contributed by atoms with E-state index in [4.69, 9.17) is 19.7 Å². The van der Waals surface area contributed by atoms with Crippen LogP contribution in [0.5, 0.6) is 0 Å². The van der Waals surface area contributed by atoms with Gasteiger partial charge in [0.1, 0.15) is 40.5 Å². The Hall–Kier alpha value is -6.76.